The van der Waals surface area contributed by atoms with Gasteiger partial charge in [-0.15, -0.1) is 0 Å². The summed E-state index contributed by atoms with van der Waals surface area (Å²) in [6, 6.07) is 7.57. The molecule has 1 heterocycles. The van der Waals surface area contributed by atoms with Crippen LogP contribution in [-0.4, -0.2) is 30.2 Å². The molecule has 4 aromatic rings. The van der Waals surface area contributed by atoms with Gasteiger partial charge in [0.05, 0.1) is 17.5 Å². The van der Waals surface area contributed by atoms with E-state index in [-0.39, 0.29) is 45.9 Å². The number of rotatable bonds is 7. The Balaban J connectivity index is 1.41. The van der Waals surface area contributed by atoms with Gasteiger partial charge in [-0.3, -0.25) is 4.79 Å². The summed E-state index contributed by atoms with van der Waals surface area (Å²) in [4.78, 5) is 13.3. The van der Waals surface area contributed by atoms with Crippen LogP contribution in [0, 0.1) is 30.2 Å². The van der Waals surface area contributed by atoms with Gasteiger partial charge in [0.1, 0.15) is 28.9 Å². The summed E-state index contributed by atoms with van der Waals surface area (Å²) in [5.41, 5.74) is 7.69. The third kappa shape index (κ3) is 5.22. The van der Waals surface area contributed by atoms with E-state index in [1.807, 2.05) is 0 Å². The van der Waals surface area contributed by atoms with Crippen molar-refractivity contribution in [1.29, 1.82) is 0 Å². The number of carbonyl (C=O) groups is 1. The number of carbonyl (C=O) groups excluding carboxylic acids is 1. The van der Waals surface area contributed by atoms with Crippen LogP contribution >= 0.6 is 0 Å². The van der Waals surface area contributed by atoms with Gasteiger partial charge in [-0.05, 0) is 54.0 Å². The van der Waals surface area contributed by atoms with Gasteiger partial charge in [-0.1, -0.05) is 6.07 Å². The van der Waals surface area contributed by atoms with Crippen LogP contribution in [0.15, 0.2) is 54.2 Å². The van der Waals surface area contributed by atoms with E-state index in [0.29, 0.717) is 11.1 Å². The second kappa shape index (κ2) is 9.94. The minimum atomic E-state index is -3.47. The monoisotopic (exact) mass is 571 g/mol. The fourth-order valence-electron chi connectivity index (χ4n) is 4.55. The molecular formula is C28H21F4N3O4S. The molecule has 0 aliphatic heterocycles. The highest BCUT2D eigenvalue weighted by molar-refractivity contribution is 7.89. The summed E-state index contributed by atoms with van der Waals surface area (Å²) < 4.78 is 86.7. The molecule has 0 bridgehead atoms. The molecule has 2 N–H and O–H groups in total. The first kappa shape index (κ1) is 27.1. The first-order chi connectivity index (χ1) is 18.8. The number of fused-ring (bicyclic) bond motifs is 1. The maximum absolute atomic E-state index is 15.2. The Morgan fingerprint density at radius 3 is 2.50 bits per heavy atom. The molecule has 0 radical (unpaired) electrons. The molecule has 1 aromatic heterocycles. The molecule has 0 spiro atoms. The molecule has 206 valence electrons. The van der Waals surface area contributed by atoms with Crippen molar-refractivity contribution in [1.82, 2.24) is 9.78 Å². The van der Waals surface area contributed by atoms with E-state index >= 15 is 4.39 Å². The van der Waals surface area contributed by atoms with E-state index < -0.39 is 50.4 Å². The predicted molar refractivity (Wildman–Crippen MR) is 140 cm³/mol. The number of hydrogen-bond acceptors (Lipinski definition) is 6. The second-order valence-corrected chi connectivity index (χ2v) is 11.6. The topological polar surface area (TPSA) is 104 Å². The number of benzene rings is 3. The van der Waals surface area contributed by atoms with Crippen molar-refractivity contribution in [3.05, 3.63) is 105 Å². The van der Waals surface area contributed by atoms with E-state index in [4.69, 9.17) is 10.5 Å². The van der Waals surface area contributed by atoms with Crippen LogP contribution in [0.25, 0.3) is 11.8 Å². The Hall–Kier alpha value is -4.45. The quantitative estimate of drug-likeness (QED) is 0.233. The van der Waals surface area contributed by atoms with Gasteiger partial charge < -0.3 is 10.5 Å². The molecule has 0 atom stereocenters. The lowest BCUT2D eigenvalue weighted by molar-refractivity contribution is 0.103. The molecule has 7 nitrogen and oxygen atoms in total. The smallest absolute Gasteiger partial charge is 0.194 e. The number of sulfone groups is 1. The molecule has 0 amide bonds. The number of aryl methyl sites for hydroxylation is 1. The van der Waals surface area contributed by atoms with Gasteiger partial charge in [0, 0.05) is 35.9 Å². The van der Waals surface area contributed by atoms with Gasteiger partial charge in [0.25, 0.3) is 0 Å². The number of anilines is 1. The van der Waals surface area contributed by atoms with Gasteiger partial charge in [-0.25, -0.2) is 30.7 Å². The molecule has 40 heavy (non-hydrogen) atoms. The molecule has 3 aromatic carbocycles. The number of nitrogens with two attached hydrogens (primary N) is 1. The zero-order chi connectivity index (χ0) is 28.9. The minimum Gasteiger partial charge on any atom is -0.454 e. The van der Waals surface area contributed by atoms with Crippen molar-refractivity contribution >= 4 is 27.5 Å². The van der Waals surface area contributed by atoms with Crippen molar-refractivity contribution in [2.75, 3.05) is 12.0 Å². The summed E-state index contributed by atoms with van der Waals surface area (Å²) >= 11 is 0. The number of aromatic nitrogens is 2. The standard InChI is InChI=1S/C28H21F4N3O4S/c1-14-5-20(39-25-10-19(29)3-4-22(25)30)11-24(32)26(14)35-28(33)21(12-34-35)27(36)17-6-15-8-18(13-40(2,37)38)23(31)9-16(15)7-17/h3-5,7-12H,6,13,33H2,1-2H3. The number of nitrogen functional groups attached to an aromatic ring is 1. The molecule has 0 fully saturated rings. The second-order valence-electron chi connectivity index (χ2n) is 9.49. The van der Waals surface area contributed by atoms with Crippen LogP contribution in [0.2, 0.25) is 0 Å². The van der Waals surface area contributed by atoms with E-state index in [0.717, 1.165) is 35.2 Å². The number of ether oxygens (including phenoxy) is 1. The molecule has 0 unspecified atom stereocenters. The predicted octanol–water partition coefficient (Wildman–Crippen LogP) is 5.48. The van der Waals surface area contributed by atoms with Crippen molar-refractivity contribution in [3.63, 3.8) is 0 Å². The van der Waals surface area contributed by atoms with E-state index in [9.17, 15) is 26.4 Å². The lowest BCUT2D eigenvalue weighted by Crippen LogP contribution is -2.10. The Bertz CT molecular complexity index is 1830. The van der Waals surface area contributed by atoms with Crippen LogP contribution < -0.4 is 10.5 Å². The SMILES string of the molecule is Cc1cc(Oc2cc(F)ccc2F)cc(F)c1-n1ncc(C(=O)C2=Cc3cc(F)c(CS(C)(=O)=O)cc3C2)c1N. The molecule has 1 aliphatic carbocycles. The van der Waals surface area contributed by atoms with Crippen molar-refractivity contribution in [2.24, 2.45) is 0 Å². The number of nitrogens with zero attached hydrogens (tertiary/aromatic N) is 2. The van der Waals surface area contributed by atoms with Gasteiger partial charge in [0.15, 0.2) is 33.0 Å². The highest BCUT2D eigenvalue weighted by atomic mass is 32.2. The van der Waals surface area contributed by atoms with Gasteiger partial charge in [-0.2, -0.15) is 5.10 Å². The minimum absolute atomic E-state index is 0.00852. The number of halogens is 4. The molecular weight excluding hydrogens is 550 g/mol. The van der Waals surface area contributed by atoms with Crippen molar-refractivity contribution < 1.29 is 35.5 Å². The summed E-state index contributed by atoms with van der Waals surface area (Å²) in [5.74, 6) is -4.76. The Labute approximate surface area is 226 Å². The van der Waals surface area contributed by atoms with E-state index in [1.165, 1.54) is 37.4 Å². The molecule has 0 saturated carbocycles. The Kier molecular flexibility index (Phi) is 6.74. The van der Waals surface area contributed by atoms with Crippen LogP contribution in [0.5, 0.6) is 11.5 Å². The largest absolute Gasteiger partial charge is 0.454 e. The fourth-order valence-corrected chi connectivity index (χ4v) is 5.34. The molecule has 1 aliphatic rings. The van der Waals surface area contributed by atoms with E-state index in [2.05, 4.69) is 5.10 Å². The van der Waals surface area contributed by atoms with Crippen molar-refractivity contribution in [2.45, 2.75) is 19.1 Å². The summed E-state index contributed by atoms with van der Waals surface area (Å²) in [6.45, 7) is 1.52. The third-order valence-electron chi connectivity index (χ3n) is 6.34. The molecule has 5 rings (SSSR count). The summed E-state index contributed by atoms with van der Waals surface area (Å²) in [5, 5.41) is 4.08. The zero-order valence-electron chi connectivity index (χ0n) is 21.1. The Morgan fingerprint density at radius 1 is 1.05 bits per heavy atom. The summed E-state index contributed by atoms with van der Waals surface area (Å²) in [7, 11) is -3.47. The Morgan fingerprint density at radius 2 is 1.80 bits per heavy atom. The average molecular weight is 572 g/mol. The van der Waals surface area contributed by atoms with Gasteiger partial charge in [0.2, 0.25) is 0 Å². The van der Waals surface area contributed by atoms with Crippen LogP contribution in [0.4, 0.5) is 23.4 Å². The highest BCUT2D eigenvalue weighted by Crippen LogP contribution is 2.34. The number of allylic oxidation sites excluding steroid dienone is 1. The fraction of sp³-hybridized carbons (Fsp3) is 0.143. The average Bonchev–Trinajstić information content (AvgIpc) is 3.43. The van der Waals surface area contributed by atoms with Crippen molar-refractivity contribution in [3.8, 4) is 17.2 Å². The van der Waals surface area contributed by atoms with Crippen LogP contribution in [0.1, 0.15) is 32.6 Å². The number of ketones is 1. The highest BCUT2D eigenvalue weighted by Gasteiger charge is 2.26. The van der Waals surface area contributed by atoms with Gasteiger partial charge >= 0.3 is 0 Å². The first-order valence-electron chi connectivity index (χ1n) is 11.8. The zero-order valence-corrected chi connectivity index (χ0v) is 22.0. The summed E-state index contributed by atoms with van der Waals surface area (Å²) in [6.07, 6.45) is 3.79. The third-order valence-corrected chi connectivity index (χ3v) is 7.18. The normalized spacial score (nSPS) is 12.8. The molecule has 12 heteroatoms. The first-order valence-corrected chi connectivity index (χ1v) is 13.9. The maximum Gasteiger partial charge on any atom is 0.194 e. The lowest BCUT2D eigenvalue weighted by Gasteiger charge is -2.13. The maximum atomic E-state index is 15.2. The molecule has 0 saturated heterocycles. The number of Topliss-reactive ketones (excluding diaryl/α,β-unsaturated/α-hetero) is 1. The van der Waals surface area contributed by atoms with Crippen LogP contribution in [-0.2, 0) is 22.0 Å². The van der Waals surface area contributed by atoms with E-state index in [1.54, 1.807) is 0 Å². The number of hydrogen-bond donors (Lipinski definition) is 1. The lowest BCUT2D eigenvalue weighted by atomic mass is 10.0. The van der Waals surface area contributed by atoms with Crippen LogP contribution in [0.3, 0.4) is 0 Å².